The molecule has 0 spiro atoms. The summed E-state index contributed by atoms with van der Waals surface area (Å²) in [5.41, 5.74) is 0. The van der Waals surface area contributed by atoms with Crippen molar-refractivity contribution in [3.8, 4) is 0 Å². The van der Waals surface area contributed by atoms with E-state index in [1.54, 1.807) is 0 Å². The van der Waals surface area contributed by atoms with E-state index in [-0.39, 0.29) is 0 Å². The molecule has 0 aliphatic carbocycles. The molecule has 0 radical (unpaired) electrons. The maximum Gasteiger partial charge on any atom is 0.543 e. The average molecular weight is 410 g/mol. The second-order valence-electron chi connectivity index (χ2n) is 4.69. The Bertz CT molecular complexity index is 383. The first-order valence-corrected chi connectivity index (χ1v) is 9.03. The number of rotatable bonds is 12. The van der Waals surface area contributed by atoms with Gasteiger partial charge >= 0.3 is 20.6 Å². The first-order chi connectivity index (χ1) is 11.4. The van der Waals surface area contributed by atoms with Crippen LogP contribution in [0, 0.1) is 0 Å². The van der Waals surface area contributed by atoms with Crippen LogP contribution < -0.4 is 0 Å². The molecule has 0 aliphatic rings. The van der Waals surface area contributed by atoms with Crippen LogP contribution in [0.2, 0.25) is 0 Å². The lowest BCUT2D eigenvalue weighted by Gasteiger charge is -2.38. The molecule has 13 heteroatoms. The smallest absolute Gasteiger partial charge is 0.372 e. The molecule has 0 bridgehead atoms. The van der Waals surface area contributed by atoms with Crippen LogP contribution in [-0.4, -0.2) is 65.0 Å². The van der Waals surface area contributed by atoms with Gasteiger partial charge in [-0.3, -0.25) is 0 Å². The number of halogens is 9. The zero-order valence-electron chi connectivity index (χ0n) is 13.6. The lowest BCUT2D eigenvalue weighted by Crippen LogP contribution is -2.68. The van der Waals surface area contributed by atoms with E-state index in [0.29, 0.717) is 0 Å². The fraction of sp³-hybridized carbons (Fsp3) is 1.00. The monoisotopic (exact) mass is 410 g/mol. The van der Waals surface area contributed by atoms with Gasteiger partial charge in [0.15, 0.2) is 6.17 Å². The fourth-order valence-corrected chi connectivity index (χ4v) is 4.38. The molecule has 152 valence electrons. The minimum atomic E-state index is -6.11. The van der Waals surface area contributed by atoms with Gasteiger partial charge in [0.1, 0.15) is 0 Å². The van der Waals surface area contributed by atoms with Crippen molar-refractivity contribution in [2.24, 2.45) is 0 Å². The predicted octanol–water partition coefficient (Wildman–Crippen LogP) is 4.12. The molecule has 0 unspecified atom stereocenters. The van der Waals surface area contributed by atoms with Gasteiger partial charge in [0.05, 0.1) is 0 Å². The van der Waals surface area contributed by atoms with Crippen molar-refractivity contribution in [2.75, 3.05) is 19.8 Å². The molecule has 0 saturated heterocycles. The number of alkyl halides is 9. The normalized spacial score (nSPS) is 17.6. The van der Waals surface area contributed by atoms with Crippen molar-refractivity contribution >= 4 is 8.80 Å². The fourth-order valence-electron chi connectivity index (χ4n) is 1.85. The van der Waals surface area contributed by atoms with Crippen LogP contribution in [-0.2, 0) is 13.3 Å². The summed E-state index contributed by atoms with van der Waals surface area (Å²) in [4.78, 5) is 0. The second-order valence-corrected chi connectivity index (χ2v) is 7.27. The molecule has 0 aromatic rings. The van der Waals surface area contributed by atoms with Gasteiger partial charge in [-0.15, -0.1) is 0 Å². The maximum absolute atomic E-state index is 14.4. The summed E-state index contributed by atoms with van der Waals surface area (Å²) in [6.07, 6.45) is -13.2. The zero-order chi connectivity index (χ0) is 20.1. The lowest BCUT2D eigenvalue weighted by molar-refractivity contribution is -0.272. The molecule has 3 atom stereocenters. The third kappa shape index (κ3) is 5.01. The van der Waals surface area contributed by atoms with Crippen LogP contribution >= 0.6 is 0 Å². The van der Waals surface area contributed by atoms with Crippen molar-refractivity contribution in [2.45, 2.75) is 57.2 Å². The summed E-state index contributed by atoms with van der Waals surface area (Å²) in [6.45, 7) is 2.18. The minimum Gasteiger partial charge on any atom is -0.372 e. The van der Waals surface area contributed by atoms with E-state index < -0.39 is 65.0 Å². The van der Waals surface area contributed by atoms with Crippen LogP contribution in [0.4, 0.5) is 39.5 Å². The van der Waals surface area contributed by atoms with Gasteiger partial charge in [0, 0.05) is 19.8 Å². The average Bonchev–Trinajstić information content (AvgIpc) is 2.52. The predicted molar refractivity (Wildman–Crippen MR) is 71.2 cm³/mol. The summed E-state index contributed by atoms with van der Waals surface area (Å²) in [6, 6.07) is 0. The van der Waals surface area contributed by atoms with Crippen molar-refractivity contribution in [1.29, 1.82) is 0 Å². The Morgan fingerprint density at radius 1 is 0.720 bits per heavy atom. The molecular formula is C12H19F9O3Si. The summed E-state index contributed by atoms with van der Waals surface area (Å²) in [5, 5.41) is 0. The third-order valence-corrected chi connectivity index (χ3v) is 6.03. The first-order valence-electron chi connectivity index (χ1n) is 7.23. The topological polar surface area (TPSA) is 27.7 Å². The molecule has 0 aromatic carbocycles. The van der Waals surface area contributed by atoms with Crippen LogP contribution in [0.5, 0.6) is 0 Å². The Kier molecular flexibility index (Phi) is 9.22. The maximum atomic E-state index is 14.4. The lowest BCUT2D eigenvalue weighted by atomic mass is 10.0. The highest BCUT2D eigenvalue weighted by Gasteiger charge is 2.76. The zero-order valence-corrected chi connectivity index (χ0v) is 14.6. The standard InChI is InChI=1S/C12H19F9O3Si/c1-4-22-25(23-5-2,24-6-3)10(17)12(20,21)11(18,19)8(14)7(13)9(15)16/h7-10H,4-6H2,1-3H3/t7-,8+,10+/m1/s1. The summed E-state index contributed by atoms with van der Waals surface area (Å²) < 4.78 is 134. The molecule has 3 nitrogen and oxygen atoms in total. The van der Waals surface area contributed by atoms with Gasteiger partial charge in [0.25, 0.3) is 6.43 Å². The molecule has 0 amide bonds. The van der Waals surface area contributed by atoms with Gasteiger partial charge in [-0.2, -0.15) is 17.6 Å². The van der Waals surface area contributed by atoms with Crippen LogP contribution in [0.1, 0.15) is 20.8 Å². The van der Waals surface area contributed by atoms with E-state index in [2.05, 4.69) is 13.3 Å². The van der Waals surface area contributed by atoms with Crippen LogP contribution in [0.25, 0.3) is 0 Å². The van der Waals surface area contributed by atoms with Crippen molar-refractivity contribution in [3.63, 3.8) is 0 Å². The van der Waals surface area contributed by atoms with Gasteiger partial charge in [-0.1, -0.05) is 0 Å². The van der Waals surface area contributed by atoms with Crippen LogP contribution in [0.3, 0.4) is 0 Å². The Morgan fingerprint density at radius 2 is 1.08 bits per heavy atom. The molecule has 0 aromatic heterocycles. The molecule has 0 aliphatic heterocycles. The van der Waals surface area contributed by atoms with Gasteiger partial charge in [-0.25, -0.2) is 22.0 Å². The Labute approximate surface area is 139 Å². The SMILES string of the molecule is CCO[Si](OCC)(OCC)[C@H](F)C(F)(F)C(F)(F)[C@@H](F)[C@@H](F)C(F)F. The number of hydrogen-bond donors (Lipinski definition) is 0. The summed E-state index contributed by atoms with van der Waals surface area (Å²) in [5.74, 6) is -16.1. The molecule has 0 heterocycles. The summed E-state index contributed by atoms with van der Waals surface area (Å²) >= 11 is 0. The molecule has 25 heavy (non-hydrogen) atoms. The minimum absolute atomic E-state index is 0.476. The van der Waals surface area contributed by atoms with E-state index in [1.807, 2.05) is 0 Å². The van der Waals surface area contributed by atoms with Gasteiger partial charge in [0.2, 0.25) is 12.0 Å². The number of hydrogen-bond acceptors (Lipinski definition) is 3. The summed E-state index contributed by atoms with van der Waals surface area (Å²) in [7, 11) is -5.13. The van der Waals surface area contributed by atoms with Gasteiger partial charge < -0.3 is 13.3 Å². The highest BCUT2D eigenvalue weighted by Crippen LogP contribution is 2.47. The quantitative estimate of drug-likeness (QED) is 0.358. The second kappa shape index (κ2) is 9.42. The highest BCUT2D eigenvalue weighted by molar-refractivity contribution is 6.62. The largest absolute Gasteiger partial charge is 0.543 e. The van der Waals surface area contributed by atoms with E-state index in [9.17, 15) is 39.5 Å². The van der Waals surface area contributed by atoms with E-state index in [0.717, 1.165) is 0 Å². The molecule has 0 saturated carbocycles. The van der Waals surface area contributed by atoms with Gasteiger partial charge in [-0.05, 0) is 20.8 Å². The Hall–Kier alpha value is -0.533. The third-order valence-electron chi connectivity index (χ3n) is 2.98. The molecule has 0 rings (SSSR count). The van der Waals surface area contributed by atoms with Crippen molar-refractivity contribution < 1.29 is 52.8 Å². The molecule has 0 fully saturated rings. The van der Waals surface area contributed by atoms with E-state index in [1.165, 1.54) is 20.8 Å². The van der Waals surface area contributed by atoms with Crippen LogP contribution in [0.15, 0.2) is 0 Å². The molecule has 0 N–H and O–H groups in total. The van der Waals surface area contributed by atoms with E-state index in [4.69, 9.17) is 0 Å². The first kappa shape index (κ1) is 24.5. The Morgan fingerprint density at radius 3 is 1.36 bits per heavy atom. The van der Waals surface area contributed by atoms with E-state index >= 15 is 0 Å². The van der Waals surface area contributed by atoms with Crippen molar-refractivity contribution in [3.05, 3.63) is 0 Å². The highest BCUT2D eigenvalue weighted by atomic mass is 28.4. The van der Waals surface area contributed by atoms with Crippen molar-refractivity contribution in [1.82, 2.24) is 0 Å². The Balaban J connectivity index is 5.89. The molecular weight excluding hydrogens is 391 g/mol.